The SMILES string of the molecule is COc1ccc(N)cc1CNc1nccc(C)c1Br. The van der Waals surface area contributed by atoms with Gasteiger partial charge in [0.1, 0.15) is 11.6 Å². The molecule has 0 saturated carbocycles. The second-order valence-corrected chi connectivity index (χ2v) is 5.01. The fourth-order valence-corrected chi connectivity index (χ4v) is 2.15. The number of hydrogen-bond donors (Lipinski definition) is 2. The number of hydrogen-bond acceptors (Lipinski definition) is 4. The molecule has 0 bridgehead atoms. The van der Waals surface area contributed by atoms with Gasteiger partial charge in [-0.1, -0.05) is 0 Å². The van der Waals surface area contributed by atoms with Crippen molar-refractivity contribution in [2.24, 2.45) is 0 Å². The lowest BCUT2D eigenvalue weighted by Gasteiger charge is -2.12. The third kappa shape index (κ3) is 3.17. The Morgan fingerprint density at radius 3 is 2.89 bits per heavy atom. The smallest absolute Gasteiger partial charge is 0.140 e. The Morgan fingerprint density at radius 2 is 2.16 bits per heavy atom. The zero-order valence-corrected chi connectivity index (χ0v) is 12.5. The Kier molecular flexibility index (Phi) is 4.27. The average Bonchev–Trinajstić information content (AvgIpc) is 2.40. The summed E-state index contributed by atoms with van der Waals surface area (Å²) < 4.78 is 6.29. The molecule has 0 atom stereocenters. The zero-order valence-electron chi connectivity index (χ0n) is 10.9. The summed E-state index contributed by atoms with van der Waals surface area (Å²) >= 11 is 3.52. The van der Waals surface area contributed by atoms with E-state index >= 15 is 0 Å². The third-order valence-corrected chi connectivity index (χ3v) is 3.83. The first-order chi connectivity index (χ1) is 9.11. The lowest BCUT2D eigenvalue weighted by Crippen LogP contribution is -2.05. The minimum Gasteiger partial charge on any atom is -0.496 e. The number of nitrogens with one attached hydrogen (secondary N) is 1. The normalized spacial score (nSPS) is 10.3. The summed E-state index contributed by atoms with van der Waals surface area (Å²) in [4.78, 5) is 4.30. The largest absolute Gasteiger partial charge is 0.496 e. The number of benzene rings is 1. The van der Waals surface area contributed by atoms with Crippen LogP contribution in [-0.4, -0.2) is 12.1 Å². The summed E-state index contributed by atoms with van der Waals surface area (Å²) in [5.41, 5.74) is 8.65. The molecule has 0 unspecified atom stereocenters. The fourth-order valence-electron chi connectivity index (χ4n) is 1.78. The number of methoxy groups -OCH3 is 1. The molecule has 0 aliphatic heterocycles. The summed E-state index contributed by atoms with van der Waals surface area (Å²) in [5, 5.41) is 3.28. The number of pyridine rings is 1. The Hall–Kier alpha value is -1.75. The molecule has 19 heavy (non-hydrogen) atoms. The summed E-state index contributed by atoms with van der Waals surface area (Å²) in [6, 6.07) is 7.54. The Morgan fingerprint density at radius 1 is 1.37 bits per heavy atom. The number of nitrogen functional groups attached to an aromatic ring is 1. The molecule has 2 rings (SSSR count). The molecule has 2 aromatic rings. The average molecular weight is 322 g/mol. The van der Waals surface area contributed by atoms with Crippen LogP contribution < -0.4 is 15.8 Å². The molecule has 0 saturated heterocycles. The van der Waals surface area contributed by atoms with E-state index in [1.54, 1.807) is 13.3 Å². The van der Waals surface area contributed by atoms with Crippen LogP contribution in [0.5, 0.6) is 5.75 Å². The van der Waals surface area contributed by atoms with E-state index in [0.717, 1.165) is 27.2 Å². The molecular formula is C14H16BrN3O. The maximum atomic E-state index is 5.80. The summed E-state index contributed by atoms with van der Waals surface area (Å²) in [5.74, 6) is 1.62. The number of rotatable bonds is 4. The Bertz CT molecular complexity index is 587. The number of halogens is 1. The number of aryl methyl sites for hydroxylation is 1. The lowest BCUT2D eigenvalue weighted by molar-refractivity contribution is 0.410. The van der Waals surface area contributed by atoms with Gasteiger partial charge in [0.25, 0.3) is 0 Å². The van der Waals surface area contributed by atoms with E-state index in [2.05, 4.69) is 26.2 Å². The van der Waals surface area contributed by atoms with Gasteiger partial charge in [-0.25, -0.2) is 4.98 Å². The monoisotopic (exact) mass is 321 g/mol. The summed E-state index contributed by atoms with van der Waals surface area (Å²) in [6.07, 6.45) is 1.78. The van der Waals surface area contributed by atoms with Crippen LogP contribution in [0.25, 0.3) is 0 Å². The van der Waals surface area contributed by atoms with Crippen LogP contribution in [0.4, 0.5) is 11.5 Å². The molecule has 3 N–H and O–H groups in total. The van der Waals surface area contributed by atoms with E-state index in [-0.39, 0.29) is 0 Å². The molecule has 5 heteroatoms. The Balaban J connectivity index is 2.18. The van der Waals surface area contributed by atoms with E-state index < -0.39 is 0 Å². The van der Waals surface area contributed by atoms with Crippen LogP contribution in [0.3, 0.4) is 0 Å². The van der Waals surface area contributed by atoms with Gasteiger partial charge < -0.3 is 15.8 Å². The van der Waals surface area contributed by atoms with Crippen molar-refractivity contribution in [2.75, 3.05) is 18.2 Å². The van der Waals surface area contributed by atoms with Crippen LogP contribution in [-0.2, 0) is 6.54 Å². The quantitative estimate of drug-likeness (QED) is 0.848. The van der Waals surface area contributed by atoms with Gasteiger partial charge in [-0.3, -0.25) is 0 Å². The van der Waals surface area contributed by atoms with Crippen molar-refractivity contribution in [1.29, 1.82) is 0 Å². The fraction of sp³-hybridized carbons (Fsp3) is 0.214. The predicted octanol–water partition coefficient (Wildman–Crippen LogP) is 3.36. The maximum absolute atomic E-state index is 5.80. The molecule has 1 heterocycles. The molecule has 1 aromatic carbocycles. The van der Waals surface area contributed by atoms with Crippen LogP contribution in [0.1, 0.15) is 11.1 Å². The van der Waals surface area contributed by atoms with Crippen molar-refractivity contribution in [3.05, 3.63) is 46.1 Å². The van der Waals surface area contributed by atoms with Crippen LogP contribution in [0.2, 0.25) is 0 Å². The maximum Gasteiger partial charge on any atom is 0.140 e. The van der Waals surface area contributed by atoms with Gasteiger partial charge in [0.2, 0.25) is 0 Å². The molecule has 0 aliphatic carbocycles. The number of anilines is 2. The van der Waals surface area contributed by atoms with Crippen LogP contribution in [0, 0.1) is 6.92 Å². The molecule has 0 radical (unpaired) electrons. The first-order valence-electron chi connectivity index (χ1n) is 5.89. The van der Waals surface area contributed by atoms with Gasteiger partial charge >= 0.3 is 0 Å². The number of nitrogens with two attached hydrogens (primary N) is 1. The molecule has 0 amide bonds. The summed E-state index contributed by atoms with van der Waals surface area (Å²) in [7, 11) is 1.65. The Labute approximate surface area is 121 Å². The zero-order chi connectivity index (χ0) is 13.8. The molecule has 0 spiro atoms. The van der Waals surface area contributed by atoms with Gasteiger partial charge in [0.15, 0.2) is 0 Å². The first-order valence-corrected chi connectivity index (χ1v) is 6.68. The van der Waals surface area contributed by atoms with Gasteiger partial charge in [-0.05, 0) is 52.7 Å². The molecule has 0 aliphatic rings. The van der Waals surface area contributed by atoms with Crippen LogP contribution >= 0.6 is 15.9 Å². The number of nitrogens with zero attached hydrogens (tertiary/aromatic N) is 1. The first kappa shape index (κ1) is 13.7. The van der Waals surface area contributed by atoms with E-state index in [9.17, 15) is 0 Å². The second kappa shape index (κ2) is 5.93. The van der Waals surface area contributed by atoms with Crippen molar-refractivity contribution in [1.82, 2.24) is 4.98 Å². The van der Waals surface area contributed by atoms with E-state index in [0.29, 0.717) is 12.2 Å². The third-order valence-electron chi connectivity index (χ3n) is 2.83. The highest BCUT2D eigenvalue weighted by Gasteiger charge is 2.07. The predicted molar refractivity (Wildman–Crippen MR) is 81.4 cm³/mol. The van der Waals surface area contributed by atoms with Crippen molar-refractivity contribution in [3.8, 4) is 5.75 Å². The molecule has 100 valence electrons. The topological polar surface area (TPSA) is 60.2 Å². The van der Waals surface area contributed by atoms with Crippen molar-refractivity contribution < 1.29 is 4.74 Å². The van der Waals surface area contributed by atoms with Crippen molar-refractivity contribution in [3.63, 3.8) is 0 Å². The number of ether oxygens (including phenoxy) is 1. The highest BCUT2D eigenvalue weighted by molar-refractivity contribution is 9.10. The molecular weight excluding hydrogens is 306 g/mol. The van der Waals surface area contributed by atoms with E-state index in [1.165, 1.54) is 0 Å². The van der Waals surface area contributed by atoms with Crippen molar-refractivity contribution >= 4 is 27.4 Å². The van der Waals surface area contributed by atoms with Gasteiger partial charge in [0, 0.05) is 24.0 Å². The van der Waals surface area contributed by atoms with Crippen LogP contribution in [0.15, 0.2) is 34.9 Å². The second-order valence-electron chi connectivity index (χ2n) is 4.22. The summed E-state index contributed by atoms with van der Waals surface area (Å²) in [6.45, 7) is 2.63. The van der Waals surface area contributed by atoms with Gasteiger partial charge in [-0.15, -0.1) is 0 Å². The standard InChI is InChI=1S/C14H16BrN3O/c1-9-5-6-17-14(13(9)15)18-8-10-7-11(16)3-4-12(10)19-2/h3-7H,8,16H2,1-2H3,(H,17,18). The minimum atomic E-state index is 0.600. The van der Waals surface area contributed by atoms with Crippen molar-refractivity contribution in [2.45, 2.75) is 13.5 Å². The van der Waals surface area contributed by atoms with Gasteiger partial charge in [-0.2, -0.15) is 0 Å². The molecule has 4 nitrogen and oxygen atoms in total. The van der Waals surface area contributed by atoms with E-state index in [4.69, 9.17) is 10.5 Å². The highest BCUT2D eigenvalue weighted by Crippen LogP contribution is 2.26. The molecule has 1 aromatic heterocycles. The van der Waals surface area contributed by atoms with Gasteiger partial charge in [0.05, 0.1) is 11.6 Å². The van der Waals surface area contributed by atoms with E-state index in [1.807, 2.05) is 31.2 Å². The number of aromatic nitrogens is 1. The lowest BCUT2D eigenvalue weighted by atomic mass is 10.1. The minimum absolute atomic E-state index is 0.600. The highest BCUT2D eigenvalue weighted by atomic mass is 79.9. The molecule has 0 fully saturated rings.